The average Bonchev–Trinajstić information content (AvgIpc) is 2.61. The molecule has 2 rings (SSSR count). The van der Waals surface area contributed by atoms with Crippen LogP contribution in [0.25, 0.3) is 0 Å². The first-order valence-corrected chi connectivity index (χ1v) is 4.88. The first-order valence-electron chi connectivity index (χ1n) is 4.88. The predicted molar refractivity (Wildman–Crippen MR) is 59.2 cm³/mol. The lowest BCUT2D eigenvalue weighted by molar-refractivity contribution is -0.392. The van der Waals surface area contributed by atoms with Crippen molar-refractivity contribution in [3.8, 4) is 0 Å². The monoisotopic (exact) mass is 217 g/mol. The van der Waals surface area contributed by atoms with Gasteiger partial charge in [0.15, 0.2) is 6.33 Å². The second-order valence-electron chi connectivity index (χ2n) is 3.52. The lowest BCUT2D eigenvalue weighted by atomic mass is 10.2. The number of benzene rings is 1. The van der Waals surface area contributed by atoms with Gasteiger partial charge in [0.05, 0.1) is 0 Å². The minimum Gasteiger partial charge on any atom is -0.358 e. The van der Waals surface area contributed by atoms with Gasteiger partial charge in [-0.25, -0.2) is 9.55 Å². The highest BCUT2D eigenvalue weighted by atomic mass is 16.6. The third-order valence-corrected chi connectivity index (χ3v) is 2.36. The molecule has 0 amide bonds. The summed E-state index contributed by atoms with van der Waals surface area (Å²) in [6.07, 6.45) is 1.50. The average molecular weight is 217 g/mol. The zero-order valence-corrected chi connectivity index (χ0v) is 8.83. The molecule has 1 aromatic carbocycles. The van der Waals surface area contributed by atoms with Gasteiger partial charge in [0.2, 0.25) is 0 Å². The van der Waals surface area contributed by atoms with E-state index < -0.39 is 4.92 Å². The van der Waals surface area contributed by atoms with Gasteiger partial charge in [-0.05, 0) is 17.4 Å². The van der Waals surface area contributed by atoms with Crippen molar-refractivity contribution in [1.29, 1.82) is 0 Å². The van der Waals surface area contributed by atoms with E-state index in [0.717, 1.165) is 5.56 Å². The van der Waals surface area contributed by atoms with Crippen molar-refractivity contribution in [3.05, 3.63) is 58.0 Å². The maximum Gasteiger partial charge on any atom is 0.345 e. The second kappa shape index (κ2) is 4.14. The molecule has 0 unspecified atom stereocenters. The van der Waals surface area contributed by atoms with E-state index in [1.54, 1.807) is 11.5 Å². The van der Waals surface area contributed by atoms with Gasteiger partial charge >= 0.3 is 5.82 Å². The lowest BCUT2D eigenvalue weighted by Gasteiger charge is -2.01. The second-order valence-corrected chi connectivity index (χ2v) is 3.52. The van der Waals surface area contributed by atoms with E-state index in [9.17, 15) is 10.1 Å². The smallest absolute Gasteiger partial charge is 0.345 e. The Morgan fingerprint density at radius 2 is 2.06 bits per heavy atom. The fourth-order valence-corrected chi connectivity index (χ4v) is 1.61. The Kier molecular flexibility index (Phi) is 2.68. The Morgan fingerprint density at radius 1 is 1.38 bits per heavy atom. The van der Waals surface area contributed by atoms with Crippen LogP contribution in [0.3, 0.4) is 0 Å². The highest BCUT2D eigenvalue weighted by Gasteiger charge is 2.18. The largest absolute Gasteiger partial charge is 0.358 e. The van der Waals surface area contributed by atoms with E-state index in [1.165, 1.54) is 6.33 Å². The van der Waals surface area contributed by atoms with Gasteiger partial charge in [-0.1, -0.05) is 30.3 Å². The van der Waals surface area contributed by atoms with E-state index >= 15 is 0 Å². The van der Waals surface area contributed by atoms with E-state index in [2.05, 4.69) is 4.98 Å². The van der Waals surface area contributed by atoms with Crippen molar-refractivity contribution in [2.24, 2.45) is 0 Å². The summed E-state index contributed by atoms with van der Waals surface area (Å²) < 4.78 is 1.55. The molecule has 82 valence electrons. The molecule has 0 saturated heterocycles. The minimum atomic E-state index is -0.398. The number of aryl methyl sites for hydroxylation is 1. The molecule has 0 aliphatic rings. The molecular formula is C11H11N3O2. The van der Waals surface area contributed by atoms with E-state index in [-0.39, 0.29) is 5.82 Å². The predicted octanol–water partition coefficient (Wildman–Crippen LogP) is 2.15. The fourth-order valence-electron chi connectivity index (χ4n) is 1.61. The van der Waals surface area contributed by atoms with Crippen molar-refractivity contribution in [2.75, 3.05) is 0 Å². The first-order chi connectivity index (χ1) is 7.68. The summed E-state index contributed by atoms with van der Waals surface area (Å²) >= 11 is 0. The number of hydrogen-bond donors (Lipinski definition) is 0. The summed E-state index contributed by atoms with van der Waals surface area (Å²) in [5.74, 6) is 0.0591. The number of nitro groups is 1. The Labute approximate surface area is 92.5 Å². The van der Waals surface area contributed by atoms with Crippen molar-refractivity contribution >= 4 is 5.82 Å². The highest BCUT2D eigenvalue weighted by molar-refractivity contribution is 5.28. The van der Waals surface area contributed by atoms with Crippen molar-refractivity contribution in [2.45, 2.75) is 13.5 Å². The Hall–Kier alpha value is -2.17. The molecule has 0 spiro atoms. The lowest BCUT2D eigenvalue weighted by Crippen LogP contribution is -2.03. The topological polar surface area (TPSA) is 61.0 Å². The molecule has 0 bridgehead atoms. The van der Waals surface area contributed by atoms with E-state index in [0.29, 0.717) is 12.2 Å². The molecule has 0 N–H and O–H groups in total. The molecular weight excluding hydrogens is 206 g/mol. The maximum atomic E-state index is 10.8. The zero-order chi connectivity index (χ0) is 11.5. The molecule has 0 radical (unpaired) electrons. The third kappa shape index (κ3) is 1.93. The Balaban J connectivity index is 2.32. The van der Waals surface area contributed by atoms with Gasteiger partial charge < -0.3 is 10.1 Å². The van der Waals surface area contributed by atoms with Crippen LogP contribution >= 0.6 is 0 Å². The van der Waals surface area contributed by atoms with Crippen LogP contribution in [0.15, 0.2) is 36.7 Å². The summed E-state index contributed by atoms with van der Waals surface area (Å²) in [5, 5.41) is 10.8. The van der Waals surface area contributed by atoms with Crippen LogP contribution in [0, 0.1) is 17.0 Å². The van der Waals surface area contributed by atoms with Gasteiger partial charge in [0, 0.05) is 0 Å². The summed E-state index contributed by atoms with van der Waals surface area (Å²) in [7, 11) is 0. The Morgan fingerprint density at radius 3 is 2.69 bits per heavy atom. The molecule has 5 heteroatoms. The molecule has 16 heavy (non-hydrogen) atoms. The normalized spacial score (nSPS) is 10.3. The van der Waals surface area contributed by atoms with Gasteiger partial charge in [0.1, 0.15) is 12.2 Å². The van der Waals surface area contributed by atoms with Crippen LogP contribution in [0.4, 0.5) is 5.82 Å². The summed E-state index contributed by atoms with van der Waals surface area (Å²) in [6, 6.07) is 9.59. The van der Waals surface area contributed by atoms with Crippen LogP contribution in [0.5, 0.6) is 0 Å². The minimum absolute atomic E-state index is 0.0591. The van der Waals surface area contributed by atoms with E-state index in [4.69, 9.17) is 0 Å². The van der Waals surface area contributed by atoms with Crippen LogP contribution in [0.1, 0.15) is 11.3 Å². The number of rotatable bonds is 3. The first kappa shape index (κ1) is 10.4. The van der Waals surface area contributed by atoms with Crippen LogP contribution in [0.2, 0.25) is 0 Å². The van der Waals surface area contributed by atoms with Crippen LogP contribution in [-0.2, 0) is 6.54 Å². The number of imidazole rings is 1. The maximum absolute atomic E-state index is 10.8. The number of nitrogens with zero attached hydrogens (tertiary/aromatic N) is 3. The van der Waals surface area contributed by atoms with Crippen molar-refractivity contribution in [1.82, 2.24) is 9.55 Å². The molecule has 0 aliphatic heterocycles. The SMILES string of the molecule is Cc1ncn(Cc2ccccc2)c1[N+](=O)[O-]. The standard InChI is InChI=1S/C11H11N3O2/c1-9-11(14(15)16)13(8-12-9)7-10-5-3-2-4-6-10/h2-6,8H,7H2,1H3. The van der Waals surface area contributed by atoms with Crippen LogP contribution < -0.4 is 0 Å². The van der Waals surface area contributed by atoms with Gasteiger partial charge in [0.25, 0.3) is 0 Å². The molecule has 0 atom stereocenters. The highest BCUT2D eigenvalue weighted by Crippen LogP contribution is 2.17. The molecule has 0 saturated carbocycles. The zero-order valence-electron chi connectivity index (χ0n) is 8.83. The van der Waals surface area contributed by atoms with Gasteiger partial charge in [-0.15, -0.1) is 0 Å². The van der Waals surface area contributed by atoms with E-state index in [1.807, 2.05) is 30.3 Å². The van der Waals surface area contributed by atoms with Gasteiger partial charge in [-0.3, -0.25) is 0 Å². The summed E-state index contributed by atoms with van der Waals surface area (Å²) in [5.41, 5.74) is 1.46. The molecule has 1 heterocycles. The molecule has 0 aliphatic carbocycles. The molecule has 1 aromatic heterocycles. The molecule has 0 fully saturated rings. The van der Waals surface area contributed by atoms with Gasteiger partial charge in [-0.2, -0.15) is 0 Å². The van der Waals surface area contributed by atoms with Crippen LogP contribution in [-0.4, -0.2) is 14.5 Å². The number of hydrogen-bond acceptors (Lipinski definition) is 3. The summed E-state index contributed by atoms with van der Waals surface area (Å²) in [4.78, 5) is 14.4. The summed E-state index contributed by atoms with van der Waals surface area (Å²) in [6.45, 7) is 2.11. The van der Waals surface area contributed by atoms with Crippen molar-refractivity contribution < 1.29 is 4.92 Å². The van der Waals surface area contributed by atoms with Crippen molar-refractivity contribution in [3.63, 3.8) is 0 Å². The quantitative estimate of drug-likeness (QED) is 0.584. The fraction of sp³-hybridized carbons (Fsp3) is 0.182. The third-order valence-electron chi connectivity index (χ3n) is 2.36. The molecule has 5 nitrogen and oxygen atoms in total. The number of aromatic nitrogens is 2. The Bertz CT molecular complexity index is 505. The molecule has 2 aromatic rings.